The number of rotatable bonds is 4. The molecule has 0 aliphatic heterocycles. The van der Waals surface area contributed by atoms with E-state index in [1.54, 1.807) is 0 Å². The standard InChI is InChI=1S/C12H11ClN2O4S/c1-19-10-4-2-8(13)6-11(10)20(17,18)15-9-3-5-12(16)14-7-9/h2-7,15H,1H3,(H,14,16). The van der Waals surface area contributed by atoms with Gasteiger partial charge in [0.1, 0.15) is 10.6 Å². The number of sulfonamides is 1. The van der Waals surface area contributed by atoms with Gasteiger partial charge in [-0.25, -0.2) is 8.42 Å². The summed E-state index contributed by atoms with van der Waals surface area (Å²) in [7, 11) is -2.51. The van der Waals surface area contributed by atoms with Gasteiger partial charge in [0.05, 0.1) is 12.8 Å². The molecule has 0 atom stereocenters. The zero-order chi connectivity index (χ0) is 14.8. The van der Waals surface area contributed by atoms with Gasteiger partial charge in [-0.05, 0) is 24.3 Å². The second-order valence-electron chi connectivity index (χ2n) is 3.84. The Morgan fingerprint density at radius 1 is 1.25 bits per heavy atom. The average molecular weight is 315 g/mol. The molecule has 8 heteroatoms. The molecule has 6 nitrogen and oxygen atoms in total. The van der Waals surface area contributed by atoms with Crippen molar-refractivity contribution >= 4 is 27.3 Å². The molecule has 0 aliphatic carbocycles. The third kappa shape index (κ3) is 3.12. The summed E-state index contributed by atoms with van der Waals surface area (Å²) in [6.45, 7) is 0. The summed E-state index contributed by atoms with van der Waals surface area (Å²) < 4.78 is 31.9. The van der Waals surface area contributed by atoms with Crippen LogP contribution in [0, 0.1) is 0 Å². The molecule has 0 bridgehead atoms. The van der Waals surface area contributed by atoms with Crippen LogP contribution in [-0.2, 0) is 10.0 Å². The lowest BCUT2D eigenvalue weighted by Crippen LogP contribution is -2.15. The molecule has 2 N–H and O–H groups in total. The minimum absolute atomic E-state index is 0.0845. The number of benzene rings is 1. The number of hydrogen-bond donors (Lipinski definition) is 2. The molecule has 0 unspecified atom stereocenters. The number of H-pyrrole nitrogens is 1. The third-order valence-corrected chi connectivity index (χ3v) is 4.09. The van der Waals surface area contributed by atoms with Gasteiger partial charge in [0, 0.05) is 17.3 Å². The van der Waals surface area contributed by atoms with E-state index in [2.05, 4.69) is 9.71 Å². The van der Waals surface area contributed by atoms with Gasteiger partial charge in [0.25, 0.3) is 10.0 Å². The number of nitrogens with one attached hydrogen (secondary N) is 2. The summed E-state index contributed by atoms with van der Waals surface area (Å²) in [5.74, 6) is 0.173. The van der Waals surface area contributed by atoms with E-state index < -0.39 is 10.0 Å². The summed E-state index contributed by atoms with van der Waals surface area (Å²) >= 11 is 5.81. The molecule has 2 rings (SSSR count). The smallest absolute Gasteiger partial charge is 0.265 e. The monoisotopic (exact) mass is 314 g/mol. The van der Waals surface area contributed by atoms with Crippen molar-refractivity contribution in [2.75, 3.05) is 11.8 Å². The predicted octanol–water partition coefficient (Wildman–Crippen LogP) is 1.84. The van der Waals surface area contributed by atoms with E-state index in [0.717, 1.165) is 0 Å². The van der Waals surface area contributed by atoms with Gasteiger partial charge in [-0.15, -0.1) is 0 Å². The lowest BCUT2D eigenvalue weighted by Gasteiger charge is -2.11. The van der Waals surface area contributed by atoms with Crippen LogP contribution in [0.15, 0.2) is 46.2 Å². The first-order valence-corrected chi connectivity index (χ1v) is 7.33. The Morgan fingerprint density at radius 3 is 2.60 bits per heavy atom. The fourth-order valence-electron chi connectivity index (χ4n) is 1.54. The summed E-state index contributed by atoms with van der Waals surface area (Å²) in [5.41, 5.74) is -0.0973. The maximum absolute atomic E-state index is 12.3. The molecule has 20 heavy (non-hydrogen) atoms. The van der Waals surface area contributed by atoms with E-state index in [9.17, 15) is 13.2 Å². The lowest BCUT2D eigenvalue weighted by molar-refractivity contribution is 0.403. The Bertz CT molecular complexity index is 766. The maximum Gasteiger partial charge on any atom is 0.265 e. The number of aromatic amines is 1. The van der Waals surface area contributed by atoms with E-state index in [0.29, 0.717) is 0 Å². The highest BCUT2D eigenvalue weighted by molar-refractivity contribution is 7.92. The molecule has 0 fully saturated rings. The first-order valence-electron chi connectivity index (χ1n) is 5.47. The van der Waals surface area contributed by atoms with Crippen LogP contribution in [0.3, 0.4) is 0 Å². The van der Waals surface area contributed by atoms with Crippen molar-refractivity contribution in [3.8, 4) is 5.75 Å². The van der Waals surface area contributed by atoms with Gasteiger partial charge >= 0.3 is 0 Å². The van der Waals surface area contributed by atoms with Crippen LogP contribution in [0.5, 0.6) is 5.75 Å². The molecule has 0 aliphatic rings. The van der Waals surface area contributed by atoms with Crippen LogP contribution in [-0.4, -0.2) is 20.5 Å². The van der Waals surface area contributed by atoms with E-state index in [1.165, 1.54) is 43.6 Å². The molecule has 0 saturated carbocycles. The second-order valence-corrected chi connectivity index (χ2v) is 5.93. The Kier molecular flexibility index (Phi) is 4.01. The number of anilines is 1. The summed E-state index contributed by atoms with van der Waals surface area (Å²) in [4.78, 5) is 13.2. The van der Waals surface area contributed by atoms with E-state index in [4.69, 9.17) is 16.3 Å². The average Bonchev–Trinajstić information content (AvgIpc) is 2.41. The largest absolute Gasteiger partial charge is 0.495 e. The van der Waals surface area contributed by atoms with E-state index >= 15 is 0 Å². The fourth-order valence-corrected chi connectivity index (χ4v) is 3.03. The van der Waals surface area contributed by atoms with Crippen molar-refractivity contribution in [3.05, 3.63) is 51.9 Å². The SMILES string of the molecule is COc1ccc(Cl)cc1S(=O)(=O)Nc1ccc(=O)[nH]c1. The second kappa shape index (κ2) is 5.56. The van der Waals surface area contributed by atoms with Gasteiger partial charge in [0.2, 0.25) is 5.56 Å². The van der Waals surface area contributed by atoms with Gasteiger partial charge in [-0.3, -0.25) is 9.52 Å². The van der Waals surface area contributed by atoms with Crippen LogP contribution in [0.4, 0.5) is 5.69 Å². The van der Waals surface area contributed by atoms with Crippen molar-refractivity contribution < 1.29 is 13.2 Å². The molecule has 0 amide bonds. The zero-order valence-electron chi connectivity index (χ0n) is 10.4. The summed E-state index contributed by atoms with van der Waals surface area (Å²) in [6, 6.07) is 6.85. The lowest BCUT2D eigenvalue weighted by atomic mass is 10.3. The highest BCUT2D eigenvalue weighted by atomic mass is 35.5. The highest BCUT2D eigenvalue weighted by Gasteiger charge is 2.20. The van der Waals surface area contributed by atoms with Crippen molar-refractivity contribution in [2.24, 2.45) is 0 Å². The highest BCUT2D eigenvalue weighted by Crippen LogP contribution is 2.28. The molecular formula is C12H11ClN2O4S. The normalized spacial score (nSPS) is 11.1. The fraction of sp³-hybridized carbons (Fsp3) is 0.0833. The molecule has 0 radical (unpaired) electrons. The van der Waals surface area contributed by atoms with Crippen LogP contribution >= 0.6 is 11.6 Å². The minimum Gasteiger partial charge on any atom is -0.495 e. The Hall–Kier alpha value is -1.99. The molecule has 1 aromatic carbocycles. The number of pyridine rings is 1. The van der Waals surface area contributed by atoms with Crippen LogP contribution in [0.25, 0.3) is 0 Å². The molecule has 1 aromatic heterocycles. The van der Waals surface area contributed by atoms with Gasteiger partial charge < -0.3 is 9.72 Å². The molecule has 0 saturated heterocycles. The number of hydrogen-bond acceptors (Lipinski definition) is 4. The van der Waals surface area contributed by atoms with Gasteiger partial charge in [0.15, 0.2) is 0 Å². The van der Waals surface area contributed by atoms with E-state index in [-0.39, 0.29) is 26.9 Å². The van der Waals surface area contributed by atoms with E-state index in [1.807, 2.05) is 0 Å². The van der Waals surface area contributed by atoms with Crippen molar-refractivity contribution in [2.45, 2.75) is 4.90 Å². The van der Waals surface area contributed by atoms with Crippen LogP contribution in [0.2, 0.25) is 5.02 Å². The first-order chi connectivity index (χ1) is 9.42. The zero-order valence-corrected chi connectivity index (χ0v) is 12.0. The molecule has 1 heterocycles. The molecule has 2 aromatic rings. The van der Waals surface area contributed by atoms with Crippen molar-refractivity contribution in [1.82, 2.24) is 4.98 Å². The predicted molar refractivity (Wildman–Crippen MR) is 75.9 cm³/mol. The van der Waals surface area contributed by atoms with Gasteiger partial charge in [-0.2, -0.15) is 0 Å². The number of methoxy groups -OCH3 is 1. The number of ether oxygens (including phenoxy) is 1. The van der Waals surface area contributed by atoms with Crippen molar-refractivity contribution in [1.29, 1.82) is 0 Å². The number of halogens is 1. The van der Waals surface area contributed by atoms with Crippen molar-refractivity contribution in [3.63, 3.8) is 0 Å². The topological polar surface area (TPSA) is 88.3 Å². The summed E-state index contributed by atoms with van der Waals surface area (Å²) in [6.07, 6.45) is 1.26. The Labute approximate surface area is 120 Å². The quantitative estimate of drug-likeness (QED) is 0.901. The first kappa shape index (κ1) is 14.4. The van der Waals surface area contributed by atoms with Crippen LogP contribution in [0.1, 0.15) is 0 Å². The molecular weight excluding hydrogens is 304 g/mol. The maximum atomic E-state index is 12.3. The Morgan fingerprint density at radius 2 is 2.00 bits per heavy atom. The van der Waals surface area contributed by atoms with Crippen LogP contribution < -0.4 is 15.0 Å². The molecule has 0 spiro atoms. The summed E-state index contributed by atoms with van der Waals surface area (Å²) in [5, 5.41) is 0.271. The van der Waals surface area contributed by atoms with Gasteiger partial charge in [-0.1, -0.05) is 11.6 Å². The third-order valence-electron chi connectivity index (χ3n) is 2.45. The minimum atomic E-state index is -3.87. The number of aromatic nitrogens is 1. The Balaban J connectivity index is 2.42. The molecule has 106 valence electrons.